The topological polar surface area (TPSA) is 113 Å². The van der Waals surface area contributed by atoms with Crippen molar-refractivity contribution in [3.63, 3.8) is 0 Å². The summed E-state index contributed by atoms with van der Waals surface area (Å²) in [6.45, 7) is 7.54. The van der Waals surface area contributed by atoms with Crippen LogP contribution in [0.4, 0.5) is 0 Å². The van der Waals surface area contributed by atoms with Crippen LogP contribution in [-0.4, -0.2) is 56.8 Å². The Morgan fingerprint density at radius 2 is 1.97 bits per heavy atom. The SMILES string of the molecule is CC1(C)O[C@@H]2C[C@H]3[C@@H]4CCC5=CC(=O)C=C[C@]5(C)[C@H]4[C@@H](O)C[C@]3(C)[C@]2([C@@H](O)C(=O)O)O1. The smallest absolute Gasteiger partial charge is 0.335 e. The van der Waals surface area contributed by atoms with Crippen molar-refractivity contribution in [2.45, 2.75) is 83.1 Å². The number of rotatable bonds is 2. The minimum Gasteiger partial charge on any atom is -0.479 e. The van der Waals surface area contributed by atoms with Crippen molar-refractivity contribution in [2.24, 2.45) is 28.6 Å². The maximum absolute atomic E-state index is 12.0. The van der Waals surface area contributed by atoms with Crippen LogP contribution in [0.1, 0.15) is 53.4 Å². The molecule has 1 aliphatic heterocycles. The van der Waals surface area contributed by atoms with Gasteiger partial charge < -0.3 is 24.8 Å². The number of carbonyl (C=O) groups is 2. The van der Waals surface area contributed by atoms with Gasteiger partial charge in [-0.2, -0.15) is 0 Å². The molecule has 7 heteroatoms. The Kier molecular flexibility index (Phi) is 4.32. The Morgan fingerprint density at radius 3 is 2.65 bits per heavy atom. The first-order valence-corrected chi connectivity index (χ1v) is 11.3. The van der Waals surface area contributed by atoms with Gasteiger partial charge in [0.25, 0.3) is 0 Å². The van der Waals surface area contributed by atoms with E-state index in [2.05, 4.69) is 6.92 Å². The lowest BCUT2D eigenvalue weighted by Gasteiger charge is -2.60. The number of carboxylic acids is 1. The van der Waals surface area contributed by atoms with Crippen molar-refractivity contribution in [3.05, 3.63) is 23.8 Å². The van der Waals surface area contributed by atoms with E-state index in [4.69, 9.17) is 9.47 Å². The monoisotopic (exact) mass is 432 g/mol. The van der Waals surface area contributed by atoms with E-state index in [1.54, 1.807) is 26.0 Å². The van der Waals surface area contributed by atoms with Crippen molar-refractivity contribution in [3.8, 4) is 0 Å². The number of ketones is 1. The van der Waals surface area contributed by atoms with Crippen LogP contribution >= 0.6 is 0 Å². The molecule has 3 N–H and O–H groups in total. The third-order valence-corrected chi connectivity index (χ3v) is 9.21. The highest BCUT2D eigenvalue weighted by Crippen LogP contribution is 2.70. The first-order chi connectivity index (χ1) is 14.4. The molecule has 1 saturated heterocycles. The molecule has 4 fully saturated rings. The number of aliphatic carboxylic acids is 1. The normalized spacial score (nSPS) is 50.7. The largest absolute Gasteiger partial charge is 0.479 e. The van der Waals surface area contributed by atoms with Gasteiger partial charge in [0.15, 0.2) is 17.7 Å². The summed E-state index contributed by atoms with van der Waals surface area (Å²) in [7, 11) is 0. The number of allylic oxidation sites excluding steroid dienone is 4. The molecule has 0 radical (unpaired) electrons. The zero-order valence-electron chi connectivity index (χ0n) is 18.5. The summed E-state index contributed by atoms with van der Waals surface area (Å²) >= 11 is 0. The molecule has 5 aliphatic rings. The summed E-state index contributed by atoms with van der Waals surface area (Å²) in [5.41, 5.74) is -1.53. The molecular formula is C24H32O7. The predicted octanol–water partition coefficient (Wildman–Crippen LogP) is 2.21. The molecule has 0 amide bonds. The van der Waals surface area contributed by atoms with Crippen LogP contribution in [0.15, 0.2) is 23.8 Å². The van der Waals surface area contributed by atoms with E-state index in [1.807, 2.05) is 13.0 Å². The molecule has 7 nitrogen and oxygen atoms in total. The highest BCUT2D eigenvalue weighted by molar-refractivity contribution is 6.01. The molecule has 0 aromatic carbocycles. The fourth-order valence-electron chi connectivity index (χ4n) is 8.15. The molecule has 0 unspecified atom stereocenters. The molecule has 1 heterocycles. The van der Waals surface area contributed by atoms with Gasteiger partial charge in [0, 0.05) is 16.7 Å². The average molecular weight is 433 g/mol. The van der Waals surface area contributed by atoms with Gasteiger partial charge in [0.05, 0.1) is 12.2 Å². The fourth-order valence-corrected chi connectivity index (χ4v) is 8.15. The van der Waals surface area contributed by atoms with E-state index in [0.29, 0.717) is 12.8 Å². The molecular weight excluding hydrogens is 400 g/mol. The van der Waals surface area contributed by atoms with Gasteiger partial charge in [0.1, 0.15) is 5.60 Å². The molecule has 3 saturated carbocycles. The Labute approximate surface area is 182 Å². The first kappa shape index (κ1) is 21.3. The van der Waals surface area contributed by atoms with Crippen LogP contribution < -0.4 is 0 Å². The molecule has 4 aliphatic carbocycles. The lowest BCUT2D eigenvalue weighted by molar-refractivity contribution is -0.251. The number of fused-ring (bicyclic) bond motifs is 7. The molecule has 31 heavy (non-hydrogen) atoms. The highest BCUT2D eigenvalue weighted by atomic mass is 16.8. The van der Waals surface area contributed by atoms with Crippen LogP contribution in [0.25, 0.3) is 0 Å². The van der Waals surface area contributed by atoms with Crippen molar-refractivity contribution in [1.29, 1.82) is 0 Å². The molecule has 0 aromatic heterocycles. The molecule has 170 valence electrons. The van der Waals surface area contributed by atoms with E-state index < -0.39 is 46.5 Å². The van der Waals surface area contributed by atoms with Gasteiger partial charge in [0.2, 0.25) is 0 Å². The van der Waals surface area contributed by atoms with Gasteiger partial charge in [-0.1, -0.05) is 25.5 Å². The number of hydrogen-bond donors (Lipinski definition) is 3. The minimum absolute atomic E-state index is 0.0102. The van der Waals surface area contributed by atoms with E-state index in [9.17, 15) is 24.9 Å². The lowest BCUT2D eigenvalue weighted by atomic mass is 9.46. The molecule has 0 aromatic rings. The summed E-state index contributed by atoms with van der Waals surface area (Å²) in [5.74, 6) is -2.31. The van der Waals surface area contributed by atoms with Gasteiger partial charge in [-0.3, -0.25) is 4.79 Å². The van der Waals surface area contributed by atoms with Crippen LogP contribution in [0, 0.1) is 28.6 Å². The second kappa shape index (κ2) is 6.28. The van der Waals surface area contributed by atoms with Crippen LogP contribution in [-0.2, 0) is 19.1 Å². The van der Waals surface area contributed by atoms with Crippen molar-refractivity contribution >= 4 is 11.8 Å². The first-order valence-electron chi connectivity index (χ1n) is 11.3. The molecule has 0 bridgehead atoms. The van der Waals surface area contributed by atoms with Crippen LogP contribution in [0.5, 0.6) is 0 Å². The van der Waals surface area contributed by atoms with Gasteiger partial charge in [-0.15, -0.1) is 0 Å². The number of carbonyl (C=O) groups excluding carboxylic acids is 1. The standard InChI is InChI=1S/C24H32O7/c1-21(2)30-17-10-15-14-6-5-12-9-13(25)7-8-22(12,3)18(14)16(26)11-23(15,4)24(17,31-21)19(27)20(28)29/h7-9,14-19,26-27H,5-6,10-11H2,1-4H3,(H,28,29)/t14-,15-,16-,17+,18+,19-,22-,23-,24-/m0/s1. The second-order valence-electron chi connectivity index (χ2n) is 11.1. The maximum Gasteiger partial charge on any atom is 0.335 e. The maximum atomic E-state index is 12.0. The average Bonchev–Trinajstić information content (AvgIpc) is 3.07. The van der Waals surface area contributed by atoms with Crippen molar-refractivity contribution in [2.75, 3.05) is 0 Å². The Bertz CT molecular complexity index is 906. The number of aliphatic hydroxyl groups excluding tert-OH is 2. The zero-order valence-corrected chi connectivity index (χ0v) is 18.5. The highest BCUT2D eigenvalue weighted by Gasteiger charge is 2.77. The van der Waals surface area contributed by atoms with Crippen LogP contribution in [0.2, 0.25) is 0 Å². The Morgan fingerprint density at radius 1 is 1.26 bits per heavy atom. The van der Waals surface area contributed by atoms with Crippen molar-refractivity contribution in [1.82, 2.24) is 0 Å². The summed E-state index contributed by atoms with van der Waals surface area (Å²) in [6.07, 6.45) is 4.68. The lowest BCUT2D eigenvalue weighted by Crippen LogP contribution is -2.65. The van der Waals surface area contributed by atoms with Crippen LogP contribution in [0.3, 0.4) is 0 Å². The summed E-state index contributed by atoms with van der Waals surface area (Å²) in [5, 5.41) is 32.2. The summed E-state index contributed by atoms with van der Waals surface area (Å²) in [4.78, 5) is 24.0. The third kappa shape index (κ3) is 2.55. The quantitative estimate of drug-likeness (QED) is 0.613. The molecule has 5 rings (SSSR count). The van der Waals surface area contributed by atoms with Gasteiger partial charge in [-0.05, 0) is 63.5 Å². The fraction of sp³-hybridized carbons (Fsp3) is 0.750. The second-order valence-corrected chi connectivity index (χ2v) is 11.1. The Balaban J connectivity index is 1.60. The number of carboxylic acid groups (broad SMARTS) is 1. The minimum atomic E-state index is -1.75. The van der Waals surface area contributed by atoms with E-state index in [0.717, 1.165) is 18.4 Å². The number of hydrogen-bond acceptors (Lipinski definition) is 6. The van der Waals surface area contributed by atoms with E-state index in [1.165, 1.54) is 0 Å². The Hall–Kier alpha value is -1.54. The zero-order chi connectivity index (χ0) is 22.6. The summed E-state index contributed by atoms with van der Waals surface area (Å²) in [6, 6.07) is 0. The summed E-state index contributed by atoms with van der Waals surface area (Å²) < 4.78 is 12.5. The third-order valence-electron chi connectivity index (χ3n) is 9.21. The number of aliphatic hydroxyl groups is 2. The van der Waals surface area contributed by atoms with Crippen molar-refractivity contribution < 1.29 is 34.4 Å². The van der Waals surface area contributed by atoms with Gasteiger partial charge >= 0.3 is 5.97 Å². The van der Waals surface area contributed by atoms with Gasteiger partial charge in [-0.25, -0.2) is 4.79 Å². The molecule has 9 atom stereocenters. The molecule has 0 spiro atoms. The van der Waals surface area contributed by atoms with E-state index in [-0.39, 0.29) is 23.5 Å². The number of ether oxygens (including phenoxy) is 2. The predicted molar refractivity (Wildman–Crippen MR) is 110 cm³/mol. The van der Waals surface area contributed by atoms with E-state index >= 15 is 0 Å².